The van der Waals surface area contributed by atoms with Gasteiger partial charge in [-0.3, -0.25) is 4.79 Å². The van der Waals surface area contributed by atoms with Crippen molar-refractivity contribution in [1.82, 2.24) is 9.55 Å². The number of nitrogens with zero attached hydrogens (tertiary/aromatic N) is 2. The van der Waals surface area contributed by atoms with Gasteiger partial charge in [-0.15, -0.1) is 0 Å². The molecule has 0 atom stereocenters. The third kappa shape index (κ3) is 4.17. The van der Waals surface area contributed by atoms with Gasteiger partial charge in [0.05, 0.1) is 21.7 Å². The SMILES string of the molecule is Cc1ccc(NC(=O)Cn2c(SC(C)C)nc3ccccc32)c(Cl)c1. The summed E-state index contributed by atoms with van der Waals surface area (Å²) in [6, 6.07) is 13.4. The number of benzene rings is 2. The molecule has 3 aromatic rings. The molecule has 0 radical (unpaired) electrons. The minimum Gasteiger partial charge on any atom is -0.323 e. The van der Waals surface area contributed by atoms with Gasteiger partial charge in [0.1, 0.15) is 6.54 Å². The van der Waals surface area contributed by atoms with Crippen molar-refractivity contribution < 1.29 is 4.79 Å². The van der Waals surface area contributed by atoms with Crippen LogP contribution in [0.15, 0.2) is 47.6 Å². The molecule has 1 aromatic heterocycles. The quantitative estimate of drug-likeness (QED) is 0.630. The van der Waals surface area contributed by atoms with Crippen LogP contribution in [0.25, 0.3) is 11.0 Å². The average molecular weight is 374 g/mol. The molecule has 0 saturated carbocycles. The highest BCUT2D eigenvalue weighted by Gasteiger charge is 2.15. The molecular weight excluding hydrogens is 354 g/mol. The predicted octanol–water partition coefficient (Wildman–Crippen LogP) is 5.14. The molecule has 1 amide bonds. The summed E-state index contributed by atoms with van der Waals surface area (Å²) in [4.78, 5) is 17.2. The molecule has 130 valence electrons. The van der Waals surface area contributed by atoms with Crippen LogP contribution in [0.2, 0.25) is 5.02 Å². The number of thioether (sulfide) groups is 1. The number of hydrogen-bond donors (Lipinski definition) is 1. The fourth-order valence-corrected chi connectivity index (χ4v) is 3.71. The molecule has 0 fully saturated rings. The average Bonchev–Trinajstić information content (AvgIpc) is 2.87. The third-order valence-electron chi connectivity index (χ3n) is 3.66. The first-order chi connectivity index (χ1) is 11.9. The molecule has 25 heavy (non-hydrogen) atoms. The van der Waals surface area contributed by atoms with E-state index in [2.05, 4.69) is 24.1 Å². The Morgan fingerprint density at radius 1 is 1.28 bits per heavy atom. The first-order valence-corrected chi connectivity index (χ1v) is 9.37. The zero-order valence-corrected chi connectivity index (χ0v) is 16.0. The van der Waals surface area contributed by atoms with Crippen LogP contribution in [-0.4, -0.2) is 20.7 Å². The van der Waals surface area contributed by atoms with Crippen molar-refractivity contribution in [3.63, 3.8) is 0 Å². The van der Waals surface area contributed by atoms with E-state index in [1.807, 2.05) is 54.0 Å². The van der Waals surface area contributed by atoms with Crippen LogP contribution in [0.1, 0.15) is 19.4 Å². The van der Waals surface area contributed by atoms with E-state index < -0.39 is 0 Å². The van der Waals surface area contributed by atoms with Crippen molar-refractivity contribution in [3.8, 4) is 0 Å². The predicted molar refractivity (Wildman–Crippen MR) is 106 cm³/mol. The van der Waals surface area contributed by atoms with Gasteiger partial charge in [-0.1, -0.05) is 55.4 Å². The highest BCUT2D eigenvalue weighted by Crippen LogP contribution is 2.27. The van der Waals surface area contributed by atoms with Crippen molar-refractivity contribution in [1.29, 1.82) is 0 Å². The second-order valence-electron chi connectivity index (χ2n) is 6.17. The molecular formula is C19H20ClN3OS. The summed E-state index contributed by atoms with van der Waals surface area (Å²) < 4.78 is 1.96. The number of halogens is 1. The zero-order valence-electron chi connectivity index (χ0n) is 14.4. The summed E-state index contributed by atoms with van der Waals surface area (Å²) in [7, 11) is 0. The number of amides is 1. The standard InChI is InChI=1S/C19H20ClN3OS/c1-12(2)25-19-22-16-6-4-5-7-17(16)23(19)11-18(24)21-15-9-8-13(3)10-14(15)20/h4-10,12H,11H2,1-3H3,(H,21,24). The van der Waals surface area contributed by atoms with E-state index in [9.17, 15) is 4.79 Å². The number of fused-ring (bicyclic) bond motifs is 1. The van der Waals surface area contributed by atoms with Crippen LogP contribution in [0, 0.1) is 6.92 Å². The number of carbonyl (C=O) groups excluding carboxylic acids is 1. The van der Waals surface area contributed by atoms with Gasteiger partial charge in [0.15, 0.2) is 5.16 Å². The summed E-state index contributed by atoms with van der Waals surface area (Å²) in [6.45, 7) is 6.38. The van der Waals surface area contributed by atoms with Gasteiger partial charge < -0.3 is 9.88 Å². The molecule has 0 saturated heterocycles. The molecule has 4 nitrogen and oxygen atoms in total. The largest absolute Gasteiger partial charge is 0.323 e. The van der Waals surface area contributed by atoms with Gasteiger partial charge in [0.25, 0.3) is 0 Å². The number of hydrogen-bond acceptors (Lipinski definition) is 3. The smallest absolute Gasteiger partial charge is 0.244 e. The first-order valence-electron chi connectivity index (χ1n) is 8.12. The van der Waals surface area contributed by atoms with E-state index in [-0.39, 0.29) is 12.5 Å². The molecule has 0 spiro atoms. The van der Waals surface area contributed by atoms with E-state index in [1.165, 1.54) is 0 Å². The van der Waals surface area contributed by atoms with Crippen molar-refractivity contribution in [3.05, 3.63) is 53.1 Å². The van der Waals surface area contributed by atoms with Crippen molar-refractivity contribution >= 4 is 46.0 Å². The Morgan fingerprint density at radius 3 is 2.76 bits per heavy atom. The van der Waals surface area contributed by atoms with E-state index in [4.69, 9.17) is 11.6 Å². The molecule has 0 unspecified atom stereocenters. The van der Waals surface area contributed by atoms with Gasteiger partial charge in [-0.05, 0) is 36.8 Å². The summed E-state index contributed by atoms with van der Waals surface area (Å²) >= 11 is 7.86. The lowest BCUT2D eigenvalue weighted by molar-refractivity contribution is -0.116. The fraction of sp³-hybridized carbons (Fsp3) is 0.263. The molecule has 0 aliphatic rings. The molecule has 1 heterocycles. The Kier molecular flexibility index (Phi) is 5.35. The number of nitrogens with one attached hydrogen (secondary N) is 1. The molecule has 6 heteroatoms. The van der Waals surface area contributed by atoms with Crippen LogP contribution < -0.4 is 5.32 Å². The van der Waals surface area contributed by atoms with Crippen molar-refractivity contribution in [2.24, 2.45) is 0 Å². The second-order valence-corrected chi connectivity index (χ2v) is 8.12. The van der Waals surface area contributed by atoms with E-state index >= 15 is 0 Å². The number of anilines is 1. The minimum absolute atomic E-state index is 0.125. The Balaban J connectivity index is 1.87. The van der Waals surface area contributed by atoms with Crippen molar-refractivity contribution in [2.45, 2.75) is 37.7 Å². The molecule has 0 aliphatic carbocycles. The summed E-state index contributed by atoms with van der Waals surface area (Å²) in [5, 5.41) is 4.66. The monoisotopic (exact) mass is 373 g/mol. The number of aromatic nitrogens is 2. The van der Waals surface area contributed by atoms with Gasteiger partial charge in [-0.2, -0.15) is 0 Å². The van der Waals surface area contributed by atoms with Crippen LogP contribution in [-0.2, 0) is 11.3 Å². The third-order valence-corrected chi connectivity index (χ3v) is 4.97. The number of carbonyl (C=O) groups is 1. The van der Waals surface area contributed by atoms with E-state index in [0.717, 1.165) is 21.8 Å². The van der Waals surface area contributed by atoms with Gasteiger partial charge in [0, 0.05) is 5.25 Å². The highest BCUT2D eigenvalue weighted by atomic mass is 35.5. The Bertz CT molecular complexity index is 920. The fourth-order valence-electron chi connectivity index (χ4n) is 2.56. The maximum Gasteiger partial charge on any atom is 0.244 e. The lowest BCUT2D eigenvalue weighted by Gasteiger charge is -2.12. The molecule has 3 rings (SSSR count). The summed E-state index contributed by atoms with van der Waals surface area (Å²) in [5.41, 5.74) is 3.53. The molecule has 0 bridgehead atoms. The molecule has 0 aliphatic heterocycles. The molecule has 2 aromatic carbocycles. The van der Waals surface area contributed by atoms with Gasteiger partial charge in [-0.25, -0.2) is 4.98 Å². The number of imidazole rings is 1. The Labute approximate surface area is 156 Å². The van der Waals surface area contributed by atoms with E-state index in [1.54, 1.807) is 11.8 Å². The van der Waals surface area contributed by atoms with Crippen LogP contribution in [0.4, 0.5) is 5.69 Å². The summed E-state index contributed by atoms with van der Waals surface area (Å²) in [5.74, 6) is -0.125. The number of para-hydroxylation sites is 2. The van der Waals surface area contributed by atoms with Crippen molar-refractivity contribution in [2.75, 3.05) is 5.32 Å². The second kappa shape index (κ2) is 7.50. The van der Waals surface area contributed by atoms with E-state index in [0.29, 0.717) is 16.0 Å². The van der Waals surface area contributed by atoms with Crippen LogP contribution in [0.5, 0.6) is 0 Å². The Hall–Kier alpha value is -1.98. The highest BCUT2D eigenvalue weighted by molar-refractivity contribution is 7.99. The topological polar surface area (TPSA) is 46.9 Å². The first kappa shape index (κ1) is 17.8. The van der Waals surface area contributed by atoms with Gasteiger partial charge in [0.2, 0.25) is 5.91 Å². The lowest BCUT2D eigenvalue weighted by Crippen LogP contribution is -2.19. The van der Waals surface area contributed by atoms with Crippen LogP contribution in [0.3, 0.4) is 0 Å². The lowest BCUT2D eigenvalue weighted by atomic mass is 10.2. The normalized spacial score (nSPS) is 11.2. The van der Waals surface area contributed by atoms with Gasteiger partial charge >= 0.3 is 0 Å². The zero-order chi connectivity index (χ0) is 18.0. The maximum absolute atomic E-state index is 12.6. The Morgan fingerprint density at radius 2 is 2.04 bits per heavy atom. The minimum atomic E-state index is -0.125. The molecule has 1 N–H and O–H groups in total. The number of aryl methyl sites for hydroxylation is 1. The number of rotatable bonds is 5. The summed E-state index contributed by atoms with van der Waals surface area (Å²) in [6.07, 6.45) is 0. The maximum atomic E-state index is 12.6. The van der Waals surface area contributed by atoms with Crippen LogP contribution >= 0.6 is 23.4 Å².